The molecule has 1 rings (SSSR count). The van der Waals surface area contributed by atoms with Crippen molar-refractivity contribution < 1.29 is 9.90 Å². The molecule has 0 bridgehead atoms. The normalized spacial score (nSPS) is 10.3. The van der Waals surface area contributed by atoms with E-state index in [2.05, 4.69) is 0 Å². The van der Waals surface area contributed by atoms with Gasteiger partial charge in [-0.1, -0.05) is 18.2 Å². The lowest BCUT2D eigenvalue weighted by atomic mass is 10.0. The second-order valence-electron chi connectivity index (χ2n) is 3.80. The molecule has 17 heavy (non-hydrogen) atoms. The summed E-state index contributed by atoms with van der Waals surface area (Å²) in [6, 6.07) is 7.49. The van der Waals surface area contributed by atoms with Crippen molar-refractivity contribution in [1.29, 1.82) is 0 Å². The number of nitrogens with zero attached hydrogens (tertiary/aromatic N) is 1. The first kappa shape index (κ1) is 13.7. The fraction of sp³-hybridized carbons (Fsp3) is 0.462. The van der Waals surface area contributed by atoms with Gasteiger partial charge in [0.1, 0.15) is 0 Å². The van der Waals surface area contributed by atoms with Gasteiger partial charge in [-0.05, 0) is 31.5 Å². The van der Waals surface area contributed by atoms with Crippen LogP contribution in [-0.2, 0) is 6.42 Å². The maximum atomic E-state index is 12.2. The van der Waals surface area contributed by atoms with Gasteiger partial charge in [0.25, 0.3) is 5.91 Å². The van der Waals surface area contributed by atoms with Crippen LogP contribution < -0.4 is 5.73 Å². The van der Waals surface area contributed by atoms with E-state index in [9.17, 15) is 4.79 Å². The molecule has 0 aliphatic carbocycles. The van der Waals surface area contributed by atoms with Gasteiger partial charge in [0.2, 0.25) is 0 Å². The van der Waals surface area contributed by atoms with Crippen LogP contribution in [0.4, 0.5) is 0 Å². The Balaban J connectivity index is 2.93. The second-order valence-corrected chi connectivity index (χ2v) is 3.80. The first-order chi connectivity index (χ1) is 8.24. The molecule has 1 aromatic carbocycles. The van der Waals surface area contributed by atoms with Crippen molar-refractivity contribution >= 4 is 5.91 Å². The van der Waals surface area contributed by atoms with E-state index in [4.69, 9.17) is 10.8 Å². The molecule has 4 nitrogen and oxygen atoms in total. The van der Waals surface area contributed by atoms with Crippen LogP contribution >= 0.6 is 0 Å². The first-order valence-electron chi connectivity index (χ1n) is 5.92. The van der Waals surface area contributed by atoms with E-state index in [0.29, 0.717) is 31.6 Å². The Labute approximate surface area is 102 Å². The highest BCUT2D eigenvalue weighted by Gasteiger charge is 2.16. The Morgan fingerprint density at radius 2 is 2.12 bits per heavy atom. The monoisotopic (exact) mass is 236 g/mol. The summed E-state index contributed by atoms with van der Waals surface area (Å²) in [5.74, 6) is -0.0365. The van der Waals surface area contributed by atoms with Crippen LogP contribution in [0.1, 0.15) is 22.8 Å². The maximum Gasteiger partial charge on any atom is 0.254 e. The zero-order chi connectivity index (χ0) is 12.7. The van der Waals surface area contributed by atoms with Gasteiger partial charge in [-0.2, -0.15) is 0 Å². The van der Waals surface area contributed by atoms with Gasteiger partial charge in [0.05, 0.1) is 6.61 Å². The highest BCUT2D eigenvalue weighted by molar-refractivity contribution is 5.95. The number of hydrogen-bond acceptors (Lipinski definition) is 3. The standard InChI is InChI=1S/C13H20N2O2/c1-2-15(9-10-16)13(17)12-6-4-3-5-11(12)7-8-14/h3-6,16H,2,7-10,14H2,1H3. The molecule has 0 fully saturated rings. The molecule has 0 aliphatic heterocycles. The van der Waals surface area contributed by atoms with Crippen molar-refractivity contribution in [3.63, 3.8) is 0 Å². The Morgan fingerprint density at radius 1 is 1.41 bits per heavy atom. The third-order valence-electron chi connectivity index (χ3n) is 2.70. The summed E-state index contributed by atoms with van der Waals surface area (Å²) in [7, 11) is 0. The van der Waals surface area contributed by atoms with Crippen LogP contribution in [0.5, 0.6) is 0 Å². The number of amides is 1. The Morgan fingerprint density at radius 3 is 2.71 bits per heavy atom. The lowest BCUT2D eigenvalue weighted by Gasteiger charge is -2.21. The lowest BCUT2D eigenvalue weighted by Crippen LogP contribution is -2.34. The summed E-state index contributed by atoms with van der Waals surface area (Å²) in [6.45, 7) is 3.37. The molecule has 0 aliphatic rings. The molecule has 0 radical (unpaired) electrons. The number of aliphatic hydroxyl groups is 1. The molecule has 0 saturated heterocycles. The van der Waals surface area contributed by atoms with Crippen LogP contribution in [0.3, 0.4) is 0 Å². The molecule has 0 spiro atoms. The topological polar surface area (TPSA) is 66.6 Å². The number of carbonyl (C=O) groups excluding carboxylic acids is 1. The molecular formula is C13H20N2O2. The van der Waals surface area contributed by atoms with Crippen LogP contribution in [0.25, 0.3) is 0 Å². The van der Waals surface area contributed by atoms with Crippen LogP contribution in [0.2, 0.25) is 0 Å². The number of rotatable bonds is 6. The molecule has 3 N–H and O–H groups in total. The van der Waals surface area contributed by atoms with Crippen LogP contribution in [-0.4, -0.2) is 42.2 Å². The molecular weight excluding hydrogens is 216 g/mol. The Bertz CT molecular complexity index is 366. The van der Waals surface area contributed by atoms with E-state index in [1.54, 1.807) is 4.90 Å². The quantitative estimate of drug-likeness (QED) is 0.762. The molecule has 0 aromatic heterocycles. The number of hydrogen-bond donors (Lipinski definition) is 2. The van der Waals surface area contributed by atoms with Crippen molar-refractivity contribution in [2.24, 2.45) is 5.73 Å². The number of carbonyl (C=O) groups is 1. The fourth-order valence-electron chi connectivity index (χ4n) is 1.80. The number of benzene rings is 1. The summed E-state index contributed by atoms with van der Waals surface area (Å²) in [4.78, 5) is 13.9. The minimum Gasteiger partial charge on any atom is -0.395 e. The van der Waals surface area contributed by atoms with E-state index >= 15 is 0 Å². The number of aliphatic hydroxyl groups excluding tert-OH is 1. The third kappa shape index (κ3) is 3.54. The van der Waals surface area contributed by atoms with E-state index in [1.807, 2.05) is 31.2 Å². The average Bonchev–Trinajstić information content (AvgIpc) is 2.36. The van der Waals surface area contributed by atoms with Crippen molar-refractivity contribution in [3.05, 3.63) is 35.4 Å². The van der Waals surface area contributed by atoms with Crippen LogP contribution in [0.15, 0.2) is 24.3 Å². The summed E-state index contributed by atoms with van der Waals surface area (Å²) in [6.07, 6.45) is 0.693. The van der Waals surface area contributed by atoms with Gasteiger partial charge < -0.3 is 15.7 Å². The SMILES string of the molecule is CCN(CCO)C(=O)c1ccccc1CCN. The molecule has 0 unspecified atom stereocenters. The van der Waals surface area contributed by atoms with Gasteiger partial charge in [0, 0.05) is 18.7 Å². The van der Waals surface area contributed by atoms with Gasteiger partial charge >= 0.3 is 0 Å². The smallest absolute Gasteiger partial charge is 0.254 e. The van der Waals surface area contributed by atoms with E-state index in [1.165, 1.54) is 0 Å². The second kappa shape index (κ2) is 7.04. The molecule has 1 amide bonds. The molecule has 94 valence electrons. The van der Waals surface area contributed by atoms with Gasteiger partial charge in [-0.25, -0.2) is 0 Å². The van der Waals surface area contributed by atoms with Crippen molar-refractivity contribution in [3.8, 4) is 0 Å². The summed E-state index contributed by atoms with van der Waals surface area (Å²) in [5, 5.41) is 8.92. The van der Waals surface area contributed by atoms with Gasteiger partial charge in [-0.3, -0.25) is 4.79 Å². The van der Waals surface area contributed by atoms with Crippen molar-refractivity contribution in [2.75, 3.05) is 26.2 Å². The summed E-state index contributed by atoms with van der Waals surface area (Å²) >= 11 is 0. The predicted molar refractivity (Wildman–Crippen MR) is 67.9 cm³/mol. The van der Waals surface area contributed by atoms with Crippen molar-refractivity contribution in [1.82, 2.24) is 4.90 Å². The Kier molecular flexibility index (Phi) is 5.66. The molecule has 1 aromatic rings. The first-order valence-corrected chi connectivity index (χ1v) is 5.92. The predicted octanol–water partition coefficient (Wildman–Crippen LogP) is 0.642. The fourth-order valence-corrected chi connectivity index (χ4v) is 1.80. The van der Waals surface area contributed by atoms with Gasteiger partial charge in [0.15, 0.2) is 0 Å². The molecule has 0 atom stereocenters. The minimum absolute atomic E-state index is 0.0152. The van der Waals surface area contributed by atoms with E-state index in [0.717, 1.165) is 5.56 Å². The minimum atomic E-state index is -0.0365. The van der Waals surface area contributed by atoms with Crippen LogP contribution in [0, 0.1) is 0 Å². The summed E-state index contributed by atoms with van der Waals surface area (Å²) in [5.41, 5.74) is 7.19. The summed E-state index contributed by atoms with van der Waals surface area (Å²) < 4.78 is 0. The van der Waals surface area contributed by atoms with E-state index < -0.39 is 0 Å². The van der Waals surface area contributed by atoms with Gasteiger partial charge in [-0.15, -0.1) is 0 Å². The molecule has 4 heteroatoms. The highest BCUT2D eigenvalue weighted by atomic mass is 16.3. The van der Waals surface area contributed by atoms with Crippen molar-refractivity contribution in [2.45, 2.75) is 13.3 Å². The Hall–Kier alpha value is -1.39. The van der Waals surface area contributed by atoms with E-state index in [-0.39, 0.29) is 12.5 Å². The highest BCUT2D eigenvalue weighted by Crippen LogP contribution is 2.12. The largest absolute Gasteiger partial charge is 0.395 e. The number of nitrogens with two attached hydrogens (primary N) is 1. The number of likely N-dealkylation sites (N-methyl/N-ethyl adjacent to an activating group) is 1. The zero-order valence-electron chi connectivity index (χ0n) is 10.2. The zero-order valence-corrected chi connectivity index (χ0v) is 10.2. The lowest BCUT2D eigenvalue weighted by molar-refractivity contribution is 0.0731. The molecule has 0 saturated carbocycles. The maximum absolute atomic E-state index is 12.2. The molecule has 0 heterocycles. The third-order valence-corrected chi connectivity index (χ3v) is 2.70. The average molecular weight is 236 g/mol.